The lowest BCUT2D eigenvalue weighted by Crippen LogP contribution is -2.33. The number of hydrogen-bond donors (Lipinski definition) is 0. The zero-order chi connectivity index (χ0) is 31.3. The first kappa shape index (κ1) is 38.6. The fourth-order valence-corrected chi connectivity index (χ4v) is 3.96. The summed E-state index contributed by atoms with van der Waals surface area (Å²) < 4.78 is 54.3. The monoisotopic (exact) mass is 693 g/mol. The van der Waals surface area contributed by atoms with Crippen LogP contribution in [0.25, 0.3) is 0 Å². The van der Waals surface area contributed by atoms with Gasteiger partial charge < -0.3 is 47.4 Å². The highest BCUT2D eigenvalue weighted by Gasteiger charge is 2.34. The highest BCUT2D eigenvalue weighted by Crippen LogP contribution is 2.21. The normalized spacial score (nSPS) is 12.9. The molecular formula is C30H48BrNO12. The minimum absolute atomic E-state index is 0.216. The molecule has 1 aromatic carbocycles. The van der Waals surface area contributed by atoms with Crippen molar-refractivity contribution >= 4 is 27.7 Å². The average Bonchev–Trinajstić information content (AvgIpc) is 3.28. The number of carbonyl (C=O) groups excluding carboxylic acids is 2. The number of benzene rings is 1. The molecule has 0 atom stereocenters. The van der Waals surface area contributed by atoms with Crippen molar-refractivity contribution in [2.24, 2.45) is 0 Å². The third-order valence-electron chi connectivity index (χ3n) is 5.91. The molecule has 2 amide bonds. The number of amides is 2. The van der Waals surface area contributed by atoms with Crippen molar-refractivity contribution in [1.29, 1.82) is 0 Å². The van der Waals surface area contributed by atoms with E-state index in [1.165, 1.54) is 4.90 Å². The molecule has 2 rings (SSSR count). The number of imide groups is 1. The summed E-state index contributed by atoms with van der Waals surface area (Å²) in [6.45, 7) is 10.0. The quantitative estimate of drug-likeness (QED) is 0.0620. The van der Waals surface area contributed by atoms with E-state index in [4.69, 9.17) is 47.4 Å². The number of halogens is 1. The van der Waals surface area contributed by atoms with Crippen LogP contribution in [-0.4, -0.2) is 161 Å². The standard InChI is InChI=1S/C30H48BrNO12/c31-5-7-35-9-11-37-13-15-39-17-19-41-21-23-43-25-26-44-24-22-42-20-18-40-16-14-38-12-10-36-8-6-32-29(33)27-3-1-2-4-28(27)30(32)34/h1-4H,5-26H2. The van der Waals surface area contributed by atoms with Crippen molar-refractivity contribution in [1.82, 2.24) is 4.90 Å². The molecule has 0 saturated heterocycles. The van der Waals surface area contributed by atoms with Crippen molar-refractivity contribution in [3.05, 3.63) is 35.4 Å². The SMILES string of the molecule is O=C1c2ccccc2C(=O)N1CCOCCOCCOCCOCCOCCOCCOCCOCCOCCOCCBr. The first-order chi connectivity index (χ1) is 21.8. The summed E-state index contributed by atoms with van der Waals surface area (Å²) in [5, 5.41) is 0.832. The van der Waals surface area contributed by atoms with E-state index in [0.29, 0.717) is 137 Å². The Labute approximate surface area is 268 Å². The Balaban J connectivity index is 1.19. The molecule has 44 heavy (non-hydrogen) atoms. The molecule has 0 spiro atoms. The van der Waals surface area contributed by atoms with Crippen molar-refractivity contribution in [3.63, 3.8) is 0 Å². The topological polar surface area (TPSA) is 130 Å². The molecule has 0 unspecified atom stereocenters. The molecule has 1 aromatic rings. The second kappa shape index (κ2) is 27.7. The Morgan fingerprint density at radius 1 is 0.409 bits per heavy atom. The first-order valence-electron chi connectivity index (χ1n) is 15.0. The molecule has 13 nitrogen and oxygen atoms in total. The lowest BCUT2D eigenvalue weighted by atomic mass is 10.1. The van der Waals surface area contributed by atoms with Crippen LogP contribution >= 0.6 is 15.9 Å². The third-order valence-corrected chi connectivity index (χ3v) is 6.23. The second-order valence-electron chi connectivity index (χ2n) is 9.12. The maximum Gasteiger partial charge on any atom is 0.261 e. The van der Waals surface area contributed by atoms with Crippen molar-refractivity contribution in [2.75, 3.05) is 144 Å². The van der Waals surface area contributed by atoms with Crippen LogP contribution in [0.4, 0.5) is 0 Å². The highest BCUT2D eigenvalue weighted by atomic mass is 79.9. The molecule has 1 aliphatic heterocycles. The van der Waals surface area contributed by atoms with Gasteiger partial charge in [-0.2, -0.15) is 0 Å². The van der Waals surface area contributed by atoms with Gasteiger partial charge in [0.25, 0.3) is 11.8 Å². The molecule has 14 heteroatoms. The molecule has 252 valence electrons. The van der Waals surface area contributed by atoms with Crippen LogP contribution in [0.15, 0.2) is 24.3 Å². The van der Waals surface area contributed by atoms with Gasteiger partial charge in [-0.05, 0) is 12.1 Å². The van der Waals surface area contributed by atoms with Gasteiger partial charge in [-0.25, -0.2) is 0 Å². The van der Waals surface area contributed by atoms with Gasteiger partial charge in [-0.1, -0.05) is 28.1 Å². The summed E-state index contributed by atoms with van der Waals surface area (Å²) in [6, 6.07) is 6.82. The second-order valence-corrected chi connectivity index (χ2v) is 9.91. The predicted octanol–water partition coefficient (Wildman–Crippen LogP) is 1.84. The summed E-state index contributed by atoms with van der Waals surface area (Å²) >= 11 is 3.30. The largest absolute Gasteiger partial charge is 0.378 e. The lowest BCUT2D eigenvalue weighted by Gasteiger charge is -2.13. The van der Waals surface area contributed by atoms with Crippen LogP contribution in [0.3, 0.4) is 0 Å². The Bertz CT molecular complexity index is 830. The Morgan fingerprint density at radius 2 is 0.659 bits per heavy atom. The van der Waals surface area contributed by atoms with Gasteiger partial charge in [0.05, 0.1) is 150 Å². The van der Waals surface area contributed by atoms with E-state index in [0.717, 1.165) is 5.33 Å². The van der Waals surface area contributed by atoms with Crippen molar-refractivity contribution in [2.45, 2.75) is 0 Å². The number of alkyl halides is 1. The van der Waals surface area contributed by atoms with Crippen LogP contribution in [-0.2, 0) is 47.4 Å². The molecule has 0 N–H and O–H groups in total. The highest BCUT2D eigenvalue weighted by molar-refractivity contribution is 9.09. The third kappa shape index (κ3) is 18.4. The van der Waals surface area contributed by atoms with Gasteiger partial charge in [-0.3, -0.25) is 14.5 Å². The van der Waals surface area contributed by atoms with E-state index in [9.17, 15) is 9.59 Å². The number of nitrogens with zero attached hydrogens (tertiary/aromatic N) is 1. The van der Waals surface area contributed by atoms with Crippen molar-refractivity contribution in [3.8, 4) is 0 Å². The van der Waals surface area contributed by atoms with Crippen LogP contribution in [0, 0.1) is 0 Å². The number of rotatable bonds is 32. The number of ether oxygens (including phenoxy) is 10. The molecule has 1 aliphatic rings. The Kier molecular flexibility index (Phi) is 24.3. The number of hydrogen-bond acceptors (Lipinski definition) is 12. The smallest absolute Gasteiger partial charge is 0.261 e. The van der Waals surface area contributed by atoms with E-state index in [1.807, 2.05) is 0 Å². The first-order valence-corrected chi connectivity index (χ1v) is 16.2. The van der Waals surface area contributed by atoms with E-state index < -0.39 is 0 Å². The molecule has 0 radical (unpaired) electrons. The van der Waals surface area contributed by atoms with E-state index in [-0.39, 0.29) is 25.0 Å². The molecule has 0 aliphatic carbocycles. The van der Waals surface area contributed by atoms with Gasteiger partial charge in [-0.15, -0.1) is 0 Å². The summed E-state index contributed by atoms with van der Waals surface area (Å²) in [5.41, 5.74) is 0.886. The van der Waals surface area contributed by atoms with Gasteiger partial charge in [0.1, 0.15) is 0 Å². The Morgan fingerprint density at radius 3 is 0.932 bits per heavy atom. The van der Waals surface area contributed by atoms with Crippen molar-refractivity contribution < 1.29 is 57.0 Å². The molecule has 1 heterocycles. The van der Waals surface area contributed by atoms with E-state index in [2.05, 4.69) is 15.9 Å². The fraction of sp³-hybridized carbons (Fsp3) is 0.733. The minimum atomic E-state index is -0.276. The van der Waals surface area contributed by atoms with Gasteiger partial charge in [0, 0.05) is 5.33 Å². The molecule has 0 bridgehead atoms. The lowest BCUT2D eigenvalue weighted by molar-refractivity contribution is -0.0263. The van der Waals surface area contributed by atoms with Crippen LogP contribution in [0.2, 0.25) is 0 Å². The summed E-state index contributed by atoms with van der Waals surface area (Å²) in [5.74, 6) is -0.552. The minimum Gasteiger partial charge on any atom is -0.378 e. The van der Waals surface area contributed by atoms with Crippen LogP contribution in [0.5, 0.6) is 0 Å². The fourth-order valence-electron chi connectivity index (χ4n) is 3.73. The summed E-state index contributed by atoms with van der Waals surface area (Å²) in [6.07, 6.45) is 0. The van der Waals surface area contributed by atoms with E-state index in [1.54, 1.807) is 24.3 Å². The van der Waals surface area contributed by atoms with Crippen LogP contribution < -0.4 is 0 Å². The predicted molar refractivity (Wildman–Crippen MR) is 164 cm³/mol. The molecule has 0 fully saturated rings. The summed E-state index contributed by atoms with van der Waals surface area (Å²) in [4.78, 5) is 25.8. The van der Waals surface area contributed by atoms with E-state index >= 15 is 0 Å². The zero-order valence-electron chi connectivity index (χ0n) is 25.6. The number of fused-ring (bicyclic) bond motifs is 1. The average molecular weight is 695 g/mol. The molecular weight excluding hydrogens is 646 g/mol. The molecule has 0 aromatic heterocycles. The number of carbonyl (C=O) groups is 2. The van der Waals surface area contributed by atoms with Gasteiger partial charge >= 0.3 is 0 Å². The van der Waals surface area contributed by atoms with Gasteiger partial charge in [0.2, 0.25) is 0 Å². The zero-order valence-corrected chi connectivity index (χ0v) is 27.2. The maximum atomic E-state index is 12.3. The van der Waals surface area contributed by atoms with Gasteiger partial charge in [0.15, 0.2) is 0 Å². The maximum absolute atomic E-state index is 12.3. The summed E-state index contributed by atoms with van der Waals surface area (Å²) in [7, 11) is 0. The molecule has 0 saturated carbocycles. The Hall–Kier alpha value is -1.56. The van der Waals surface area contributed by atoms with Crippen LogP contribution in [0.1, 0.15) is 20.7 Å².